The third-order valence-electron chi connectivity index (χ3n) is 1.62. The Bertz CT molecular complexity index is 265. The van der Waals surface area contributed by atoms with Gasteiger partial charge in [0.15, 0.2) is 0 Å². The van der Waals surface area contributed by atoms with Crippen molar-refractivity contribution in [2.24, 2.45) is 11.6 Å². The molecule has 0 aromatic heterocycles. The summed E-state index contributed by atoms with van der Waals surface area (Å²) < 4.78 is 0. The average Bonchev–Trinajstić information content (AvgIpc) is 2.17. The van der Waals surface area contributed by atoms with E-state index >= 15 is 0 Å². The van der Waals surface area contributed by atoms with E-state index in [4.69, 9.17) is 17.0 Å². The fraction of sp³-hybridized carbons (Fsp3) is 0.125. The minimum atomic E-state index is 0.207. The van der Waals surface area contributed by atoms with Crippen molar-refractivity contribution in [1.29, 1.82) is 5.41 Å². The van der Waals surface area contributed by atoms with Gasteiger partial charge in [-0.3, -0.25) is 5.41 Å². The van der Waals surface area contributed by atoms with Crippen LogP contribution in [-0.4, -0.2) is 5.84 Å². The molecule has 0 saturated carbocycles. The molecule has 4 nitrogen and oxygen atoms in total. The Labute approximate surface area is 71.0 Å². The van der Waals surface area contributed by atoms with Gasteiger partial charge in [-0.05, 0) is 5.56 Å². The SMILES string of the molecule is N=C(NN)c1ccc(CN)cc1. The summed E-state index contributed by atoms with van der Waals surface area (Å²) in [5, 5.41) is 7.34. The molecule has 0 fully saturated rings. The first kappa shape index (κ1) is 8.70. The van der Waals surface area contributed by atoms with Crippen LogP contribution in [0, 0.1) is 5.41 Å². The van der Waals surface area contributed by atoms with E-state index in [9.17, 15) is 0 Å². The van der Waals surface area contributed by atoms with E-state index < -0.39 is 0 Å². The molecule has 1 aromatic rings. The van der Waals surface area contributed by atoms with Crippen LogP contribution in [0.25, 0.3) is 0 Å². The van der Waals surface area contributed by atoms with E-state index in [0.717, 1.165) is 11.1 Å². The molecule has 1 rings (SSSR count). The molecule has 0 bridgehead atoms. The van der Waals surface area contributed by atoms with Crippen molar-refractivity contribution in [1.82, 2.24) is 5.43 Å². The number of nitrogens with one attached hydrogen (secondary N) is 2. The molecule has 0 radical (unpaired) electrons. The van der Waals surface area contributed by atoms with Gasteiger partial charge in [0.05, 0.1) is 0 Å². The molecule has 0 saturated heterocycles. The van der Waals surface area contributed by atoms with Crippen LogP contribution in [0.2, 0.25) is 0 Å². The maximum Gasteiger partial charge on any atom is 0.139 e. The lowest BCUT2D eigenvalue weighted by molar-refractivity contribution is 1.01. The largest absolute Gasteiger partial charge is 0.326 e. The zero-order chi connectivity index (χ0) is 8.97. The first-order valence-electron chi connectivity index (χ1n) is 3.62. The molecule has 0 aliphatic rings. The van der Waals surface area contributed by atoms with Crippen molar-refractivity contribution in [3.05, 3.63) is 35.4 Å². The van der Waals surface area contributed by atoms with Gasteiger partial charge in [-0.25, -0.2) is 5.84 Å². The first-order valence-corrected chi connectivity index (χ1v) is 3.62. The number of hydrazine groups is 1. The summed E-state index contributed by atoms with van der Waals surface area (Å²) >= 11 is 0. The summed E-state index contributed by atoms with van der Waals surface area (Å²) in [7, 11) is 0. The minimum Gasteiger partial charge on any atom is -0.326 e. The van der Waals surface area contributed by atoms with E-state index in [1.54, 1.807) is 0 Å². The smallest absolute Gasteiger partial charge is 0.139 e. The maximum absolute atomic E-state index is 7.34. The molecule has 0 aliphatic carbocycles. The Morgan fingerprint density at radius 3 is 2.33 bits per heavy atom. The standard InChI is InChI=1S/C8H12N4/c9-5-6-1-3-7(4-2-6)8(10)12-11/h1-4H,5,9,11H2,(H2,10,12). The van der Waals surface area contributed by atoms with E-state index in [1.165, 1.54) is 0 Å². The fourth-order valence-electron chi connectivity index (χ4n) is 0.891. The minimum absolute atomic E-state index is 0.207. The predicted molar refractivity (Wildman–Crippen MR) is 48.5 cm³/mol. The summed E-state index contributed by atoms with van der Waals surface area (Å²) in [6.07, 6.45) is 0. The molecule has 64 valence electrons. The number of rotatable bonds is 2. The molecule has 1 aromatic carbocycles. The zero-order valence-corrected chi connectivity index (χ0v) is 6.67. The second-order valence-corrected chi connectivity index (χ2v) is 2.42. The van der Waals surface area contributed by atoms with Crippen LogP contribution in [0.3, 0.4) is 0 Å². The summed E-state index contributed by atoms with van der Waals surface area (Å²) in [5.74, 6) is 5.28. The van der Waals surface area contributed by atoms with Crippen LogP contribution in [-0.2, 0) is 6.54 Å². The van der Waals surface area contributed by atoms with Gasteiger partial charge in [0.1, 0.15) is 5.84 Å². The van der Waals surface area contributed by atoms with Crippen LogP contribution < -0.4 is 17.0 Å². The summed E-state index contributed by atoms with van der Waals surface area (Å²) in [5.41, 5.74) is 9.49. The quantitative estimate of drug-likeness (QED) is 0.213. The molecule has 0 aliphatic heterocycles. The van der Waals surface area contributed by atoms with Crippen molar-refractivity contribution < 1.29 is 0 Å². The van der Waals surface area contributed by atoms with Crippen molar-refractivity contribution in [3.8, 4) is 0 Å². The molecule has 4 heteroatoms. The molecular weight excluding hydrogens is 152 g/mol. The second-order valence-electron chi connectivity index (χ2n) is 2.42. The number of amidine groups is 1. The van der Waals surface area contributed by atoms with Gasteiger partial charge in [-0.15, -0.1) is 0 Å². The van der Waals surface area contributed by atoms with E-state index in [0.29, 0.717) is 6.54 Å². The Kier molecular flexibility index (Phi) is 2.79. The lowest BCUT2D eigenvalue weighted by atomic mass is 10.1. The highest BCUT2D eigenvalue weighted by molar-refractivity contribution is 5.95. The predicted octanol–water partition coefficient (Wildman–Crippen LogP) is -0.0660. The van der Waals surface area contributed by atoms with Crippen molar-refractivity contribution in [3.63, 3.8) is 0 Å². The maximum atomic E-state index is 7.34. The fourth-order valence-corrected chi connectivity index (χ4v) is 0.891. The molecule has 0 unspecified atom stereocenters. The normalized spacial score (nSPS) is 9.50. The van der Waals surface area contributed by atoms with Gasteiger partial charge in [0, 0.05) is 12.1 Å². The zero-order valence-electron chi connectivity index (χ0n) is 6.67. The highest BCUT2D eigenvalue weighted by Crippen LogP contribution is 2.02. The average molecular weight is 164 g/mol. The number of hydrogen-bond donors (Lipinski definition) is 4. The van der Waals surface area contributed by atoms with Gasteiger partial charge in [-0.1, -0.05) is 24.3 Å². The van der Waals surface area contributed by atoms with E-state index in [2.05, 4.69) is 5.43 Å². The summed E-state index contributed by atoms with van der Waals surface area (Å²) in [6.45, 7) is 0.518. The van der Waals surface area contributed by atoms with E-state index in [-0.39, 0.29) is 5.84 Å². The van der Waals surface area contributed by atoms with Crippen LogP contribution in [0.5, 0.6) is 0 Å². The van der Waals surface area contributed by atoms with Crippen molar-refractivity contribution in [2.75, 3.05) is 0 Å². The summed E-state index contributed by atoms with van der Waals surface area (Å²) in [4.78, 5) is 0. The third-order valence-corrected chi connectivity index (χ3v) is 1.62. The number of hydrogen-bond acceptors (Lipinski definition) is 3. The van der Waals surface area contributed by atoms with Crippen LogP contribution in [0.15, 0.2) is 24.3 Å². The molecular formula is C8H12N4. The Balaban J connectivity index is 2.84. The summed E-state index contributed by atoms with van der Waals surface area (Å²) in [6, 6.07) is 7.37. The number of benzene rings is 1. The van der Waals surface area contributed by atoms with Gasteiger partial charge in [0.2, 0.25) is 0 Å². The van der Waals surface area contributed by atoms with Crippen molar-refractivity contribution in [2.45, 2.75) is 6.54 Å². The molecule has 0 heterocycles. The highest BCUT2D eigenvalue weighted by atomic mass is 15.2. The second kappa shape index (κ2) is 3.85. The highest BCUT2D eigenvalue weighted by Gasteiger charge is 1.97. The monoisotopic (exact) mass is 164 g/mol. The third kappa shape index (κ3) is 1.81. The van der Waals surface area contributed by atoms with Crippen LogP contribution >= 0.6 is 0 Å². The van der Waals surface area contributed by atoms with E-state index in [1.807, 2.05) is 24.3 Å². The lowest BCUT2D eigenvalue weighted by Gasteiger charge is -2.02. The van der Waals surface area contributed by atoms with Crippen LogP contribution in [0.1, 0.15) is 11.1 Å². The van der Waals surface area contributed by atoms with Gasteiger partial charge >= 0.3 is 0 Å². The molecule has 12 heavy (non-hydrogen) atoms. The topological polar surface area (TPSA) is 87.9 Å². The molecule has 0 spiro atoms. The molecule has 6 N–H and O–H groups in total. The number of nitrogens with two attached hydrogens (primary N) is 2. The van der Waals surface area contributed by atoms with Gasteiger partial charge in [0.25, 0.3) is 0 Å². The van der Waals surface area contributed by atoms with Gasteiger partial charge < -0.3 is 11.2 Å². The Morgan fingerprint density at radius 2 is 1.92 bits per heavy atom. The first-order chi connectivity index (χ1) is 5.77. The molecule has 0 atom stereocenters. The van der Waals surface area contributed by atoms with Crippen LogP contribution in [0.4, 0.5) is 0 Å². The lowest BCUT2D eigenvalue weighted by Crippen LogP contribution is -2.29. The van der Waals surface area contributed by atoms with Crippen molar-refractivity contribution >= 4 is 5.84 Å². The van der Waals surface area contributed by atoms with Gasteiger partial charge in [-0.2, -0.15) is 0 Å². The Hall–Kier alpha value is -1.39. The Morgan fingerprint density at radius 1 is 1.33 bits per heavy atom. The molecule has 0 amide bonds.